The maximum atomic E-state index is 13.0. The Hall–Kier alpha value is -1.20. The molecule has 0 radical (unpaired) electrons. The van der Waals surface area contributed by atoms with E-state index in [-0.39, 0.29) is 30.3 Å². The molecule has 7 atom stereocenters. The number of hydrogen-bond acceptors (Lipinski definition) is 5. The molecule has 5 nitrogen and oxygen atoms in total. The van der Waals surface area contributed by atoms with E-state index in [1.54, 1.807) is 6.92 Å². The number of rotatable bonds is 4. The van der Waals surface area contributed by atoms with Crippen LogP contribution in [-0.4, -0.2) is 40.3 Å². The van der Waals surface area contributed by atoms with E-state index in [1.807, 2.05) is 0 Å². The molecule has 0 aromatic rings. The van der Waals surface area contributed by atoms with E-state index in [4.69, 9.17) is 4.74 Å². The van der Waals surface area contributed by atoms with Gasteiger partial charge in [0, 0.05) is 11.8 Å². The van der Waals surface area contributed by atoms with Gasteiger partial charge >= 0.3 is 5.97 Å². The first kappa shape index (κ1) is 21.0. The second-order valence-electron chi connectivity index (χ2n) is 10.4. The van der Waals surface area contributed by atoms with Gasteiger partial charge in [0.05, 0.1) is 6.10 Å². The Balaban J connectivity index is 1.57. The number of esters is 1. The molecule has 29 heavy (non-hydrogen) atoms. The fourth-order valence-corrected chi connectivity index (χ4v) is 7.55. The summed E-state index contributed by atoms with van der Waals surface area (Å²) < 4.78 is 5.08. The third kappa shape index (κ3) is 3.03. The molecule has 4 aliphatic rings. The first-order valence-corrected chi connectivity index (χ1v) is 11.5. The van der Waals surface area contributed by atoms with Gasteiger partial charge in [-0.15, -0.1) is 0 Å². The van der Waals surface area contributed by atoms with Crippen molar-refractivity contribution in [3.63, 3.8) is 0 Å². The van der Waals surface area contributed by atoms with E-state index in [9.17, 15) is 19.8 Å². The van der Waals surface area contributed by atoms with E-state index < -0.39 is 17.0 Å². The summed E-state index contributed by atoms with van der Waals surface area (Å²) in [5.74, 6) is 0.660. The van der Waals surface area contributed by atoms with Gasteiger partial charge in [0.25, 0.3) is 0 Å². The second kappa shape index (κ2) is 7.19. The molecule has 3 fully saturated rings. The SMILES string of the molecule is CCC(=O)OCC(=O)[C@@]1(O)CC[C@H]2[C@@H]3CCC4=CC(O)CC[C@]4(C)[C@H]3CC[C@@]21C. The molecule has 162 valence electrons. The molecule has 0 spiro atoms. The summed E-state index contributed by atoms with van der Waals surface area (Å²) in [5, 5.41) is 21.6. The van der Waals surface area contributed by atoms with Crippen molar-refractivity contribution in [1.29, 1.82) is 0 Å². The summed E-state index contributed by atoms with van der Waals surface area (Å²) in [5.41, 5.74) is -0.270. The number of carbonyl (C=O) groups excluding carboxylic acids is 2. The quantitative estimate of drug-likeness (QED) is 0.553. The lowest BCUT2D eigenvalue weighted by atomic mass is 9.46. The molecule has 0 heterocycles. The predicted molar refractivity (Wildman–Crippen MR) is 109 cm³/mol. The van der Waals surface area contributed by atoms with Crippen LogP contribution in [0, 0.1) is 28.6 Å². The Bertz CT molecular complexity index is 729. The zero-order chi connectivity index (χ0) is 21.0. The van der Waals surface area contributed by atoms with Crippen LogP contribution >= 0.6 is 0 Å². The Kier molecular flexibility index (Phi) is 5.22. The van der Waals surface area contributed by atoms with Gasteiger partial charge in [0.1, 0.15) is 5.60 Å². The van der Waals surface area contributed by atoms with Crippen LogP contribution < -0.4 is 0 Å². The molecular weight excluding hydrogens is 368 g/mol. The molecule has 0 amide bonds. The van der Waals surface area contributed by atoms with E-state index in [0.717, 1.165) is 44.9 Å². The molecule has 3 saturated carbocycles. The number of allylic oxidation sites excluding steroid dienone is 1. The van der Waals surface area contributed by atoms with E-state index in [2.05, 4.69) is 19.9 Å². The predicted octanol–water partition coefficient (Wildman–Crippen LogP) is 3.56. The average molecular weight is 405 g/mol. The number of Topliss-reactive ketones (excluding diaryl/α,β-unsaturated/α-hetero) is 1. The first-order valence-electron chi connectivity index (χ1n) is 11.5. The van der Waals surface area contributed by atoms with Crippen molar-refractivity contribution < 1.29 is 24.5 Å². The fraction of sp³-hybridized carbons (Fsp3) is 0.833. The minimum absolute atomic E-state index is 0.144. The number of ether oxygens (including phenoxy) is 1. The normalized spacial score (nSPS) is 46.2. The molecule has 4 aliphatic carbocycles. The van der Waals surface area contributed by atoms with Crippen molar-refractivity contribution in [2.75, 3.05) is 6.61 Å². The maximum absolute atomic E-state index is 13.0. The fourth-order valence-electron chi connectivity index (χ4n) is 7.55. The number of hydrogen-bond donors (Lipinski definition) is 2. The van der Waals surface area contributed by atoms with E-state index in [1.165, 1.54) is 5.57 Å². The molecule has 0 bridgehead atoms. The average Bonchev–Trinajstić information content (AvgIpc) is 2.98. The van der Waals surface area contributed by atoms with E-state index in [0.29, 0.717) is 24.2 Å². The molecule has 0 aliphatic heterocycles. The molecule has 0 aromatic carbocycles. The minimum Gasteiger partial charge on any atom is -0.458 e. The number of aliphatic hydroxyl groups excluding tert-OH is 1. The van der Waals surface area contributed by atoms with Crippen LogP contribution in [0.15, 0.2) is 11.6 Å². The summed E-state index contributed by atoms with van der Waals surface area (Å²) in [6.45, 7) is 5.86. The Morgan fingerprint density at radius 1 is 1.10 bits per heavy atom. The number of carbonyl (C=O) groups is 2. The molecule has 1 unspecified atom stereocenters. The highest BCUT2D eigenvalue weighted by molar-refractivity contribution is 5.91. The molecule has 0 aromatic heterocycles. The number of aliphatic hydroxyl groups is 2. The summed E-state index contributed by atoms with van der Waals surface area (Å²) in [7, 11) is 0. The Labute approximate surface area is 173 Å². The first-order chi connectivity index (χ1) is 13.7. The third-order valence-corrected chi connectivity index (χ3v) is 9.35. The highest BCUT2D eigenvalue weighted by Gasteiger charge is 2.66. The standard InChI is InChI=1S/C24H36O5/c1-4-21(27)29-14-20(26)24(28)12-9-19-17-6-5-15-13-16(25)7-10-22(15,2)18(17)8-11-23(19,24)3/h13,16-19,25,28H,4-12,14H2,1-3H3/t16?,17-,18+,19+,22+,23+,24+/m1/s1. The molecule has 2 N–H and O–H groups in total. The van der Waals surface area contributed by atoms with Crippen LogP contribution in [0.25, 0.3) is 0 Å². The van der Waals surface area contributed by atoms with Crippen molar-refractivity contribution in [2.45, 2.75) is 90.3 Å². The van der Waals surface area contributed by atoms with E-state index >= 15 is 0 Å². The van der Waals surface area contributed by atoms with Gasteiger partial charge in [-0.05, 0) is 74.5 Å². The van der Waals surface area contributed by atoms with Gasteiger partial charge in [-0.1, -0.05) is 32.4 Å². The van der Waals surface area contributed by atoms with Gasteiger partial charge in [-0.2, -0.15) is 0 Å². The van der Waals surface area contributed by atoms with Crippen molar-refractivity contribution in [3.05, 3.63) is 11.6 Å². The maximum Gasteiger partial charge on any atom is 0.305 e. The van der Waals surface area contributed by atoms with Gasteiger partial charge in [-0.25, -0.2) is 0 Å². The van der Waals surface area contributed by atoms with Crippen molar-refractivity contribution in [1.82, 2.24) is 0 Å². The summed E-state index contributed by atoms with van der Waals surface area (Å²) >= 11 is 0. The van der Waals surface area contributed by atoms with Crippen LogP contribution in [0.4, 0.5) is 0 Å². The monoisotopic (exact) mass is 404 g/mol. The summed E-state index contributed by atoms with van der Waals surface area (Å²) in [4.78, 5) is 24.5. The van der Waals surface area contributed by atoms with Crippen LogP contribution in [0.5, 0.6) is 0 Å². The van der Waals surface area contributed by atoms with Crippen LogP contribution in [0.2, 0.25) is 0 Å². The molecular formula is C24H36O5. The molecule has 0 saturated heterocycles. The summed E-state index contributed by atoms with van der Waals surface area (Å²) in [6.07, 6.45) is 9.15. The zero-order valence-electron chi connectivity index (χ0n) is 18.1. The van der Waals surface area contributed by atoms with Crippen LogP contribution in [0.3, 0.4) is 0 Å². The number of fused-ring (bicyclic) bond motifs is 5. The van der Waals surface area contributed by atoms with Crippen molar-refractivity contribution in [3.8, 4) is 0 Å². The van der Waals surface area contributed by atoms with Gasteiger partial charge in [-0.3, -0.25) is 9.59 Å². The van der Waals surface area contributed by atoms with Crippen molar-refractivity contribution >= 4 is 11.8 Å². The van der Waals surface area contributed by atoms with Crippen LogP contribution in [-0.2, 0) is 14.3 Å². The Morgan fingerprint density at radius 2 is 1.83 bits per heavy atom. The lowest BCUT2D eigenvalue weighted by molar-refractivity contribution is -0.170. The van der Waals surface area contributed by atoms with Crippen LogP contribution in [0.1, 0.15) is 78.6 Å². The molecule has 4 rings (SSSR count). The smallest absolute Gasteiger partial charge is 0.305 e. The topological polar surface area (TPSA) is 83.8 Å². The lowest BCUT2D eigenvalue weighted by Crippen LogP contribution is -2.58. The van der Waals surface area contributed by atoms with Crippen molar-refractivity contribution in [2.24, 2.45) is 28.6 Å². The second-order valence-corrected chi connectivity index (χ2v) is 10.4. The summed E-state index contributed by atoms with van der Waals surface area (Å²) in [6, 6.07) is 0. The minimum atomic E-state index is -1.39. The number of ketones is 1. The highest BCUT2D eigenvalue weighted by atomic mass is 16.5. The Morgan fingerprint density at radius 3 is 2.55 bits per heavy atom. The largest absolute Gasteiger partial charge is 0.458 e. The van der Waals surface area contributed by atoms with Gasteiger partial charge in [0.15, 0.2) is 6.61 Å². The lowest BCUT2D eigenvalue weighted by Gasteiger charge is -2.59. The highest BCUT2D eigenvalue weighted by Crippen LogP contribution is 2.67. The molecule has 5 heteroatoms. The van der Waals surface area contributed by atoms with Gasteiger partial charge < -0.3 is 14.9 Å². The van der Waals surface area contributed by atoms with Gasteiger partial charge in [0.2, 0.25) is 5.78 Å². The third-order valence-electron chi connectivity index (χ3n) is 9.35. The zero-order valence-corrected chi connectivity index (χ0v) is 18.1.